The zero-order valence-electron chi connectivity index (χ0n) is 30.8. The molecule has 0 amide bonds. The van der Waals surface area contributed by atoms with Gasteiger partial charge in [0.25, 0.3) is 0 Å². The lowest BCUT2D eigenvalue weighted by Gasteiger charge is -2.38. The summed E-state index contributed by atoms with van der Waals surface area (Å²) in [4.78, 5) is 2.31. The topological polar surface area (TPSA) is 16.4 Å². The lowest BCUT2D eigenvalue weighted by Crippen LogP contribution is -2.25. The van der Waals surface area contributed by atoms with Gasteiger partial charge < -0.3 is 9.32 Å². The molecule has 0 N–H and O–H groups in total. The summed E-state index contributed by atoms with van der Waals surface area (Å²) < 4.78 is 6.56. The smallest absolute Gasteiger partial charge is 0.159 e. The number of furan rings is 1. The zero-order valence-corrected chi connectivity index (χ0v) is 30.8. The Morgan fingerprint density at radius 2 is 1.07 bits per heavy atom. The average Bonchev–Trinajstić information content (AvgIpc) is 3.62. The minimum absolute atomic E-state index is 0.235. The molecule has 1 aromatic heterocycles. The molecule has 0 bridgehead atoms. The molecule has 2 heteroatoms. The van der Waals surface area contributed by atoms with Crippen LogP contribution < -0.4 is 4.90 Å². The van der Waals surface area contributed by atoms with Crippen LogP contribution in [-0.4, -0.2) is 0 Å². The van der Waals surface area contributed by atoms with Crippen molar-refractivity contribution in [3.63, 3.8) is 0 Å². The molecule has 1 heterocycles. The van der Waals surface area contributed by atoms with Crippen LogP contribution in [0.5, 0.6) is 0 Å². The van der Waals surface area contributed by atoms with Gasteiger partial charge in [-0.05, 0) is 102 Å². The Morgan fingerprint density at radius 3 is 1.95 bits per heavy atom. The van der Waals surface area contributed by atoms with Crippen molar-refractivity contribution in [2.24, 2.45) is 0 Å². The fraction of sp³-hybridized carbons (Fsp3) is 0.0566. The van der Waals surface area contributed by atoms with E-state index in [0.717, 1.165) is 39.0 Å². The second kappa shape index (κ2) is 12.1. The molecular weight excluding hydrogens is 667 g/mol. The van der Waals surface area contributed by atoms with Gasteiger partial charge in [-0.15, -0.1) is 0 Å². The number of hydrogen-bond donors (Lipinski definition) is 0. The maximum absolute atomic E-state index is 6.56. The Balaban J connectivity index is 1.10. The normalized spacial score (nSPS) is 13.1. The monoisotopic (exact) mass is 703 g/mol. The van der Waals surface area contributed by atoms with Crippen molar-refractivity contribution in [2.75, 3.05) is 4.90 Å². The average molecular weight is 704 g/mol. The van der Waals surface area contributed by atoms with Gasteiger partial charge in [0.2, 0.25) is 0 Å². The van der Waals surface area contributed by atoms with Crippen molar-refractivity contribution in [3.8, 4) is 33.4 Å². The predicted octanol–water partition coefficient (Wildman–Crippen LogP) is 15.0. The van der Waals surface area contributed by atoms with Crippen LogP contribution in [0, 0.1) is 0 Å². The van der Waals surface area contributed by atoms with Crippen LogP contribution in [0.1, 0.15) is 25.0 Å². The van der Waals surface area contributed by atoms with Gasteiger partial charge in [-0.3, -0.25) is 0 Å². The van der Waals surface area contributed by atoms with Gasteiger partial charge in [-0.1, -0.05) is 166 Å². The molecule has 0 radical (unpaired) electrons. The molecule has 9 aromatic carbocycles. The Labute approximate surface area is 320 Å². The number of para-hydroxylation sites is 3. The first kappa shape index (κ1) is 31.6. The van der Waals surface area contributed by atoms with Crippen LogP contribution in [0.3, 0.4) is 0 Å². The molecular formula is C53H37NO. The number of benzene rings is 9. The largest absolute Gasteiger partial charge is 0.454 e. The Morgan fingerprint density at radius 1 is 0.436 bits per heavy atom. The minimum Gasteiger partial charge on any atom is -0.454 e. The van der Waals surface area contributed by atoms with Gasteiger partial charge in [0.15, 0.2) is 5.58 Å². The molecule has 0 aliphatic heterocycles. The quantitative estimate of drug-likeness (QED) is 0.177. The summed E-state index contributed by atoms with van der Waals surface area (Å²) in [7, 11) is 0. The third kappa shape index (κ3) is 4.74. The highest BCUT2D eigenvalue weighted by molar-refractivity contribution is 6.13. The number of hydrogen-bond acceptors (Lipinski definition) is 2. The first-order chi connectivity index (χ1) is 27.1. The molecule has 10 aromatic rings. The second-order valence-corrected chi connectivity index (χ2v) is 15.2. The van der Waals surface area contributed by atoms with Crippen LogP contribution in [-0.2, 0) is 5.41 Å². The van der Waals surface area contributed by atoms with E-state index in [9.17, 15) is 0 Å². The van der Waals surface area contributed by atoms with Crippen molar-refractivity contribution < 1.29 is 4.42 Å². The number of anilines is 3. The van der Waals surface area contributed by atoms with E-state index in [0.29, 0.717) is 0 Å². The Hall–Kier alpha value is -6.90. The van der Waals surface area contributed by atoms with Crippen molar-refractivity contribution in [2.45, 2.75) is 19.3 Å². The molecule has 0 atom stereocenters. The Kier molecular flexibility index (Phi) is 6.93. The van der Waals surface area contributed by atoms with E-state index >= 15 is 0 Å². The number of fused-ring (bicyclic) bond motifs is 6. The summed E-state index contributed by atoms with van der Waals surface area (Å²) in [5.74, 6) is 0. The summed E-state index contributed by atoms with van der Waals surface area (Å²) in [5.41, 5.74) is 15.1. The van der Waals surface area contributed by atoms with E-state index in [2.05, 4.69) is 195 Å². The molecule has 1 aliphatic carbocycles. The molecule has 11 rings (SSSR count). The summed E-state index contributed by atoms with van der Waals surface area (Å²) in [6.07, 6.45) is 0. The molecule has 0 saturated heterocycles. The minimum atomic E-state index is -0.235. The highest BCUT2D eigenvalue weighted by atomic mass is 16.3. The van der Waals surface area contributed by atoms with Gasteiger partial charge in [0, 0.05) is 27.6 Å². The van der Waals surface area contributed by atoms with E-state index in [1.165, 1.54) is 66.1 Å². The fourth-order valence-corrected chi connectivity index (χ4v) is 9.38. The number of rotatable bonds is 5. The first-order valence-corrected chi connectivity index (χ1v) is 19.1. The highest BCUT2D eigenvalue weighted by Crippen LogP contribution is 2.55. The molecule has 0 unspecified atom stereocenters. The van der Waals surface area contributed by atoms with Crippen molar-refractivity contribution in [1.82, 2.24) is 0 Å². The van der Waals surface area contributed by atoms with Crippen LogP contribution >= 0.6 is 0 Å². The second-order valence-electron chi connectivity index (χ2n) is 15.2. The van der Waals surface area contributed by atoms with Crippen molar-refractivity contribution in [3.05, 3.63) is 199 Å². The molecule has 2 nitrogen and oxygen atoms in total. The van der Waals surface area contributed by atoms with E-state index in [1.807, 2.05) is 12.1 Å². The van der Waals surface area contributed by atoms with E-state index in [4.69, 9.17) is 4.42 Å². The number of nitrogens with zero attached hydrogens (tertiary/aromatic N) is 1. The summed E-state index contributed by atoms with van der Waals surface area (Å²) in [6, 6.07) is 68.3. The SMILES string of the molecule is CC1(C)c2c(-c3ccc(N(c4ccccc4)c4cccc5c4oc4ccccc45)cc3)cccc2-c2c(-c3cccc4ccccc34)ccc3cccc1c23. The lowest BCUT2D eigenvalue weighted by atomic mass is 9.65. The van der Waals surface area contributed by atoms with Crippen LogP contribution in [0.25, 0.3) is 76.9 Å². The molecule has 1 aliphatic rings. The highest BCUT2D eigenvalue weighted by Gasteiger charge is 2.37. The maximum atomic E-state index is 6.56. The molecule has 0 saturated carbocycles. The van der Waals surface area contributed by atoms with Gasteiger partial charge in [-0.25, -0.2) is 0 Å². The van der Waals surface area contributed by atoms with E-state index in [1.54, 1.807) is 0 Å². The molecule has 0 fully saturated rings. The molecule has 260 valence electrons. The van der Waals surface area contributed by atoms with E-state index in [-0.39, 0.29) is 5.41 Å². The standard InChI is InChI=1S/C53H37NO/c1-53(2)46-25-11-16-36-30-33-43(41-22-10-15-34-14-6-7-19-39(34)41)50(49(36)46)45-24-12-21-40(51(45)53)35-28-31-38(32-29-35)54(37-17-4-3-5-18-37)47-26-13-23-44-42-20-8-9-27-48(42)55-52(44)47/h3-33H,1-2H3. The van der Waals surface area contributed by atoms with Gasteiger partial charge in [0.1, 0.15) is 5.58 Å². The molecule has 55 heavy (non-hydrogen) atoms. The Bertz CT molecular complexity index is 3110. The maximum Gasteiger partial charge on any atom is 0.159 e. The van der Waals surface area contributed by atoms with Gasteiger partial charge >= 0.3 is 0 Å². The van der Waals surface area contributed by atoms with Crippen LogP contribution in [0.15, 0.2) is 192 Å². The fourth-order valence-electron chi connectivity index (χ4n) is 9.38. The summed E-state index contributed by atoms with van der Waals surface area (Å²) in [6.45, 7) is 4.80. The molecule has 0 spiro atoms. The van der Waals surface area contributed by atoms with Gasteiger partial charge in [0.05, 0.1) is 5.69 Å². The third-order valence-electron chi connectivity index (χ3n) is 11.8. The van der Waals surface area contributed by atoms with Crippen molar-refractivity contribution >= 4 is 60.5 Å². The van der Waals surface area contributed by atoms with Crippen LogP contribution in [0.4, 0.5) is 17.1 Å². The lowest BCUT2D eigenvalue weighted by molar-refractivity contribution is 0.647. The first-order valence-electron chi connectivity index (χ1n) is 19.1. The zero-order chi connectivity index (χ0) is 36.7. The predicted molar refractivity (Wildman–Crippen MR) is 232 cm³/mol. The summed E-state index contributed by atoms with van der Waals surface area (Å²) >= 11 is 0. The van der Waals surface area contributed by atoms with E-state index < -0.39 is 0 Å². The summed E-state index contributed by atoms with van der Waals surface area (Å²) in [5, 5.41) is 7.41. The third-order valence-corrected chi connectivity index (χ3v) is 11.8. The van der Waals surface area contributed by atoms with Gasteiger partial charge in [-0.2, -0.15) is 0 Å². The van der Waals surface area contributed by atoms with Crippen molar-refractivity contribution in [1.29, 1.82) is 0 Å². The van der Waals surface area contributed by atoms with Crippen LogP contribution in [0.2, 0.25) is 0 Å².